The normalized spacial score (nSPS) is 25.3. The van der Waals surface area contributed by atoms with Crippen LogP contribution in [0.5, 0.6) is 0 Å². The third-order valence-corrected chi connectivity index (χ3v) is 5.06. The lowest BCUT2D eigenvalue weighted by atomic mass is 9.97. The van der Waals surface area contributed by atoms with Crippen molar-refractivity contribution in [2.24, 2.45) is 5.84 Å². The second-order valence-electron chi connectivity index (χ2n) is 4.21. The molecule has 0 radical (unpaired) electrons. The number of rotatable bonds is 2. The molecule has 2 N–H and O–H groups in total. The van der Waals surface area contributed by atoms with Crippen LogP contribution in [-0.2, 0) is 19.4 Å². The molecule has 2 rings (SSSR count). The molecule has 1 fully saturated rings. The van der Waals surface area contributed by atoms with E-state index in [9.17, 15) is 13.2 Å². The van der Waals surface area contributed by atoms with Crippen LogP contribution in [-0.4, -0.2) is 32.1 Å². The molecule has 1 aromatic carbocycles. The highest BCUT2D eigenvalue weighted by Gasteiger charge is 2.55. The summed E-state index contributed by atoms with van der Waals surface area (Å²) in [4.78, 5) is 12.1. The number of hydrogen-bond acceptors (Lipinski definition) is 4. The topological polar surface area (TPSA) is 80.5 Å². The fraction of sp³-hybridized carbons (Fsp3) is 0.364. The minimum absolute atomic E-state index is 0.200. The van der Waals surface area contributed by atoms with Crippen LogP contribution in [0.4, 0.5) is 0 Å². The van der Waals surface area contributed by atoms with Crippen LogP contribution in [0.2, 0.25) is 0 Å². The van der Waals surface area contributed by atoms with Gasteiger partial charge in [-0.3, -0.25) is 9.80 Å². The smallest absolute Gasteiger partial charge is 0.262 e. The largest absolute Gasteiger partial charge is 0.279 e. The van der Waals surface area contributed by atoms with Crippen molar-refractivity contribution < 1.29 is 13.2 Å². The number of benzene rings is 1. The van der Waals surface area contributed by atoms with Crippen molar-refractivity contribution in [2.75, 3.05) is 12.8 Å². The van der Waals surface area contributed by atoms with Crippen LogP contribution in [0.15, 0.2) is 30.3 Å². The summed E-state index contributed by atoms with van der Waals surface area (Å²) < 4.78 is 22.5. The molecule has 0 aliphatic carbocycles. The minimum Gasteiger partial charge on any atom is -0.279 e. The van der Waals surface area contributed by atoms with E-state index in [1.54, 1.807) is 30.3 Å². The monoisotopic (exact) mass is 254 g/mol. The Labute approximate surface area is 100 Å². The van der Waals surface area contributed by atoms with E-state index in [0.717, 1.165) is 11.3 Å². The molecule has 0 aromatic heterocycles. The zero-order chi connectivity index (χ0) is 12.7. The number of carbonyl (C=O) groups is 1. The number of nitrogens with two attached hydrogens (primary N) is 1. The molecule has 1 atom stereocenters. The Morgan fingerprint density at radius 3 is 2.29 bits per heavy atom. The molecule has 1 aliphatic rings. The molecule has 0 bridgehead atoms. The maximum absolute atomic E-state index is 12.1. The summed E-state index contributed by atoms with van der Waals surface area (Å²) >= 11 is 0. The van der Waals surface area contributed by atoms with Crippen molar-refractivity contribution in [3.63, 3.8) is 0 Å². The summed E-state index contributed by atoms with van der Waals surface area (Å²) in [5.41, 5.74) is 0.487. The number of hydrazine groups is 1. The molecular formula is C11H14N2O3S. The summed E-state index contributed by atoms with van der Waals surface area (Å²) in [5.74, 6) is 4.96. The minimum atomic E-state index is -3.57. The molecule has 1 unspecified atom stereocenters. The van der Waals surface area contributed by atoms with Gasteiger partial charge in [-0.25, -0.2) is 14.3 Å². The molecule has 92 valence electrons. The van der Waals surface area contributed by atoms with Gasteiger partial charge < -0.3 is 0 Å². The van der Waals surface area contributed by atoms with Gasteiger partial charge in [0, 0.05) is 12.8 Å². The van der Waals surface area contributed by atoms with Gasteiger partial charge in [0.05, 0.1) is 0 Å². The number of amides is 1. The SMILES string of the molecule is CS(=O)(=O)C1(c2ccccc2)CCN(N)C1=O. The van der Waals surface area contributed by atoms with Gasteiger partial charge in [0.25, 0.3) is 5.91 Å². The van der Waals surface area contributed by atoms with E-state index in [0.29, 0.717) is 5.56 Å². The van der Waals surface area contributed by atoms with Crippen molar-refractivity contribution >= 4 is 15.7 Å². The zero-order valence-corrected chi connectivity index (χ0v) is 10.3. The third-order valence-electron chi connectivity index (χ3n) is 3.18. The highest BCUT2D eigenvalue weighted by Crippen LogP contribution is 2.39. The summed E-state index contributed by atoms with van der Waals surface area (Å²) in [6.45, 7) is 0.251. The third kappa shape index (κ3) is 1.64. The first-order chi connectivity index (χ1) is 7.89. The van der Waals surface area contributed by atoms with Crippen molar-refractivity contribution in [2.45, 2.75) is 11.2 Å². The molecule has 5 nitrogen and oxygen atoms in total. The first kappa shape index (κ1) is 12.1. The van der Waals surface area contributed by atoms with Crippen molar-refractivity contribution in [1.29, 1.82) is 0 Å². The van der Waals surface area contributed by atoms with Gasteiger partial charge in [0.15, 0.2) is 14.6 Å². The van der Waals surface area contributed by atoms with E-state index in [2.05, 4.69) is 0 Å². The average Bonchev–Trinajstić information content (AvgIpc) is 2.58. The fourth-order valence-electron chi connectivity index (χ4n) is 2.25. The highest BCUT2D eigenvalue weighted by molar-refractivity contribution is 7.92. The van der Waals surface area contributed by atoms with Crippen LogP contribution >= 0.6 is 0 Å². The van der Waals surface area contributed by atoms with Gasteiger partial charge in [-0.15, -0.1) is 0 Å². The lowest BCUT2D eigenvalue weighted by Gasteiger charge is -2.25. The van der Waals surface area contributed by atoms with Crippen molar-refractivity contribution in [3.05, 3.63) is 35.9 Å². The maximum atomic E-state index is 12.1. The molecule has 1 saturated heterocycles. The molecule has 1 aromatic rings. The standard InChI is InChI=1S/C11H14N2O3S/c1-17(15,16)11(7-8-13(12)10(11)14)9-5-3-2-4-6-9/h2-6H,7-8,12H2,1H3. The van der Waals surface area contributed by atoms with E-state index in [1.165, 1.54) is 0 Å². The van der Waals surface area contributed by atoms with Gasteiger partial charge in [-0.2, -0.15) is 0 Å². The summed E-state index contributed by atoms with van der Waals surface area (Å²) in [5, 5.41) is 0.980. The average molecular weight is 254 g/mol. The first-order valence-electron chi connectivity index (χ1n) is 5.21. The van der Waals surface area contributed by atoms with E-state index in [-0.39, 0.29) is 13.0 Å². The summed E-state index contributed by atoms with van der Waals surface area (Å²) in [7, 11) is -3.57. The Morgan fingerprint density at radius 2 is 1.88 bits per heavy atom. The lowest BCUT2D eigenvalue weighted by Crippen LogP contribution is -2.45. The molecule has 1 heterocycles. The van der Waals surface area contributed by atoms with Crippen LogP contribution in [0, 0.1) is 0 Å². The molecule has 1 aliphatic heterocycles. The summed E-state index contributed by atoms with van der Waals surface area (Å²) in [6.07, 6.45) is 1.28. The van der Waals surface area contributed by atoms with Crippen LogP contribution in [0.25, 0.3) is 0 Å². The Balaban J connectivity index is 2.67. The van der Waals surface area contributed by atoms with Gasteiger partial charge in [-0.1, -0.05) is 30.3 Å². The number of nitrogens with zero attached hydrogens (tertiary/aromatic N) is 1. The van der Waals surface area contributed by atoms with Crippen LogP contribution in [0.3, 0.4) is 0 Å². The fourth-order valence-corrected chi connectivity index (χ4v) is 3.71. The zero-order valence-electron chi connectivity index (χ0n) is 9.46. The molecule has 17 heavy (non-hydrogen) atoms. The lowest BCUT2D eigenvalue weighted by molar-refractivity contribution is -0.130. The van der Waals surface area contributed by atoms with Gasteiger partial charge in [0.1, 0.15) is 0 Å². The Bertz CT molecular complexity index is 541. The van der Waals surface area contributed by atoms with Gasteiger partial charge in [0.2, 0.25) is 0 Å². The second kappa shape index (κ2) is 3.82. The molecule has 1 amide bonds. The van der Waals surface area contributed by atoms with E-state index in [4.69, 9.17) is 5.84 Å². The van der Waals surface area contributed by atoms with E-state index in [1.807, 2.05) is 0 Å². The van der Waals surface area contributed by atoms with Crippen LogP contribution < -0.4 is 5.84 Å². The number of carbonyl (C=O) groups excluding carboxylic acids is 1. The first-order valence-corrected chi connectivity index (χ1v) is 7.10. The summed E-state index contributed by atoms with van der Waals surface area (Å²) in [6, 6.07) is 8.51. The molecule has 0 spiro atoms. The van der Waals surface area contributed by atoms with Gasteiger partial charge >= 0.3 is 0 Å². The predicted molar refractivity (Wildman–Crippen MR) is 63.5 cm³/mol. The predicted octanol–water partition coefficient (Wildman–Crippen LogP) is 0.0325. The van der Waals surface area contributed by atoms with E-state index >= 15 is 0 Å². The van der Waals surface area contributed by atoms with Gasteiger partial charge in [-0.05, 0) is 12.0 Å². The molecule has 0 saturated carbocycles. The van der Waals surface area contributed by atoms with E-state index < -0.39 is 20.5 Å². The maximum Gasteiger partial charge on any atom is 0.262 e. The Kier molecular flexibility index (Phi) is 2.71. The number of sulfone groups is 1. The molecule has 6 heteroatoms. The number of hydrogen-bond donors (Lipinski definition) is 1. The highest BCUT2D eigenvalue weighted by atomic mass is 32.2. The Morgan fingerprint density at radius 1 is 1.29 bits per heavy atom. The molecular weight excluding hydrogens is 240 g/mol. The van der Waals surface area contributed by atoms with Crippen LogP contribution in [0.1, 0.15) is 12.0 Å². The quantitative estimate of drug-likeness (QED) is 0.596. The second-order valence-corrected chi connectivity index (χ2v) is 6.46. The Hall–Kier alpha value is -1.40. The van der Waals surface area contributed by atoms with Crippen molar-refractivity contribution in [1.82, 2.24) is 5.01 Å². The van der Waals surface area contributed by atoms with Crippen molar-refractivity contribution in [3.8, 4) is 0 Å².